The first kappa shape index (κ1) is 10.6. The van der Waals surface area contributed by atoms with Gasteiger partial charge in [0.2, 0.25) is 0 Å². The number of aromatic nitrogens is 4. The molecule has 5 nitrogen and oxygen atoms in total. The third kappa shape index (κ3) is 1.58. The highest BCUT2D eigenvalue weighted by molar-refractivity contribution is 5.60. The smallest absolute Gasteiger partial charge is 0.181 e. The summed E-state index contributed by atoms with van der Waals surface area (Å²) in [6.45, 7) is 0. The van der Waals surface area contributed by atoms with Crippen LogP contribution in [0.4, 0.5) is 4.39 Å². The lowest BCUT2D eigenvalue weighted by Crippen LogP contribution is -1.95. The largest absolute Gasteiger partial charge is 0.493 e. The van der Waals surface area contributed by atoms with Crippen molar-refractivity contribution in [2.24, 2.45) is 0 Å². The molecule has 90 valence electrons. The van der Waals surface area contributed by atoms with Crippen LogP contribution in [0.25, 0.3) is 17.0 Å². The zero-order valence-electron chi connectivity index (χ0n) is 9.54. The molecule has 0 saturated heterocycles. The van der Waals surface area contributed by atoms with Crippen LogP contribution in [0.5, 0.6) is 5.75 Å². The summed E-state index contributed by atoms with van der Waals surface area (Å²) in [5.41, 5.74) is 1.98. The maximum Gasteiger partial charge on any atom is 0.181 e. The second kappa shape index (κ2) is 4.06. The van der Waals surface area contributed by atoms with Crippen LogP contribution in [0.15, 0.2) is 37.1 Å². The third-order valence-corrected chi connectivity index (χ3v) is 2.63. The van der Waals surface area contributed by atoms with E-state index in [0.717, 1.165) is 0 Å². The molecule has 0 atom stereocenters. The van der Waals surface area contributed by atoms with E-state index in [0.29, 0.717) is 17.0 Å². The van der Waals surface area contributed by atoms with Crippen LogP contribution < -0.4 is 4.74 Å². The molecule has 3 aromatic heterocycles. The Bertz CT molecular complexity index is 696. The van der Waals surface area contributed by atoms with Crippen molar-refractivity contribution < 1.29 is 9.13 Å². The minimum Gasteiger partial charge on any atom is -0.493 e. The van der Waals surface area contributed by atoms with Gasteiger partial charge in [0.1, 0.15) is 12.0 Å². The van der Waals surface area contributed by atoms with Gasteiger partial charge in [-0.1, -0.05) is 0 Å². The molecule has 0 aliphatic heterocycles. The highest BCUT2D eigenvalue weighted by Gasteiger charge is 2.11. The first-order valence-corrected chi connectivity index (χ1v) is 5.26. The lowest BCUT2D eigenvalue weighted by Gasteiger charge is -2.04. The van der Waals surface area contributed by atoms with Crippen LogP contribution in [0.1, 0.15) is 0 Å². The van der Waals surface area contributed by atoms with Crippen LogP contribution in [0, 0.1) is 5.82 Å². The molecule has 0 N–H and O–H groups in total. The van der Waals surface area contributed by atoms with Crippen molar-refractivity contribution >= 4 is 5.65 Å². The number of halogens is 1. The fourth-order valence-electron chi connectivity index (χ4n) is 1.77. The molecule has 0 aliphatic carbocycles. The maximum atomic E-state index is 13.7. The number of fused-ring (bicyclic) bond motifs is 1. The second-order valence-corrected chi connectivity index (χ2v) is 3.66. The van der Waals surface area contributed by atoms with Crippen molar-refractivity contribution in [3.8, 4) is 17.1 Å². The molecular weight excluding hydrogens is 235 g/mol. The van der Waals surface area contributed by atoms with Crippen molar-refractivity contribution in [1.29, 1.82) is 0 Å². The molecule has 0 aromatic carbocycles. The Hall–Kier alpha value is -2.50. The van der Waals surface area contributed by atoms with Crippen molar-refractivity contribution in [3.63, 3.8) is 0 Å². The molecule has 0 fully saturated rings. The van der Waals surface area contributed by atoms with Crippen LogP contribution in [-0.2, 0) is 0 Å². The molecule has 3 rings (SSSR count). The molecule has 0 bridgehead atoms. The Labute approximate surface area is 102 Å². The molecule has 0 spiro atoms. The number of pyridine rings is 1. The van der Waals surface area contributed by atoms with Crippen molar-refractivity contribution in [3.05, 3.63) is 42.9 Å². The summed E-state index contributed by atoms with van der Waals surface area (Å²) in [6, 6.07) is 3.28. The monoisotopic (exact) mass is 244 g/mol. The van der Waals surface area contributed by atoms with Crippen LogP contribution in [0.3, 0.4) is 0 Å². The Morgan fingerprint density at radius 3 is 2.94 bits per heavy atom. The van der Waals surface area contributed by atoms with Gasteiger partial charge in [-0.25, -0.2) is 19.3 Å². The van der Waals surface area contributed by atoms with E-state index < -0.39 is 5.82 Å². The molecule has 0 unspecified atom stereocenters. The zero-order valence-corrected chi connectivity index (χ0v) is 9.54. The fourth-order valence-corrected chi connectivity index (χ4v) is 1.77. The molecular formula is C12H9FN4O. The van der Waals surface area contributed by atoms with Gasteiger partial charge in [0.25, 0.3) is 0 Å². The Morgan fingerprint density at radius 1 is 1.33 bits per heavy atom. The molecule has 0 radical (unpaired) electrons. The van der Waals surface area contributed by atoms with Gasteiger partial charge >= 0.3 is 0 Å². The molecule has 3 heterocycles. The highest BCUT2D eigenvalue weighted by atomic mass is 19.1. The van der Waals surface area contributed by atoms with Gasteiger partial charge in [0, 0.05) is 12.3 Å². The van der Waals surface area contributed by atoms with Gasteiger partial charge in [-0.2, -0.15) is 0 Å². The summed E-state index contributed by atoms with van der Waals surface area (Å²) < 4.78 is 20.2. The average Bonchev–Trinajstić information content (AvgIpc) is 2.81. The predicted molar refractivity (Wildman–Crippen MR) is 62.7 cm³/mol. The topological polar surface area (TPSA) is 52.3 Å². The third-order valence-electron chi connectivity index (χ3n) is 2.63. The quantitative estimate of drug-likeness (QED) is 0.691. The highest BCUT2D eigenvalue weighted by Crippen LogP contribution is 2.23. The predicted octanol–water partition coefficient (Wildman–Crippen LogP) is 1.94. The van der Waals surface area contributed by atoms with Crippen LogP contribution in [0.2, 0.25) is 0 Å². The first-order chi connectivity index (χ1) is 8.79. The van der Waals surface area contributed by atoms with Crippen LogP contribution in [-0.4, -0.2) is 26.5 Å². The minimum absolute atomic E-state index is 0.169. The summed E-state index contributed by atoms with van der Waals surface area (Å²) in [4.78, 5) is 12.2. The molecule has 0 aliphatic rings. The normalized spacial score (nSPS) is 10.8. The Kier molecular flexibility index (Phi) is 2.40. The number of rotatable bonds is 2. The number of imidazole rings is 1. The van der Waals surface area contributed by atoms with E-state index in [-0.39, 0.29) is 5.75 Å². The van der Waals surface area contributed by atoms with E-state index in [4.69, 9.17) is 4.74 Å². The number of nitrogens with zero attached hydrogens (tertiary/aromatic N) is 4. The molecule has 0 saturated carbocycles. The molecule has 18 heavy (non-hydrogen) atoms. The van der Waals surface area contributed by atoms with Gasteiger partial charge in [-0.15, -0.1) is 0 Å². The van der Waals surface area contributed by atoms with Crippen molar-refractivity contribution in [1.82, 2.24) is 19.4 Å². The van der Waals surface area contributed by atoms with E-state index >= 15 is 0 Å². The van der Waals surface area contributed by atoms with E-state index in [2.05, 4.69) is 15.0 Å². The lowest BCUT2D eigenvalue weighted by molar-refractivity contribution is 0.385. The van der Waals surface area contributed by atoms with Gasteiger partial charge < -0.3 is 4.74 Å². The van der Waals surface area contributed by atoms with E-state index in [1.807, 2.05) is 0 Å². The Balaban J connectivity index is 2.24. The summed E-state index contributed by atoms with van der Waals surface area (Å²) in [7, 11) is 1.42. The average molecular weight is 244 g/mol. The van der Waals surface area contributed by atoms with E-state index in [1.165, 1.54) is 19.6 Å². The summed E-state index contributed by atoms with van der Waals surface area (Å²) in [6.07, 6.45) is 6.03. The fraction of sp³-hybridized carbons (Fsp3) is 0.0833. The van der Waals surface area contributed by atoms with Crippen molar-refractivity contribution in [2.45, 2.75) is 0 Å². The number of hydrogen-bond acceptors (Lipinski definition) is 4. The van der Waals surface area contributed by atoms with Gasteiger partial charge in [0.05, 0.1) is 30.9 Å². The zero-order chi connectivity index (χ0) is 12.5. The summed E-state index contributed by atoms with van der Waals surface area (Å²) >= 11 is 0. The van der Waals surface area contributed by atoms with E-state index in [9.17, 15) is 4.39 Å². The summed E-state index contributed by atoms with van der Waals surface area (Å²) in [5, 5.41) is 0. The SMILES string of the molecule is COc1cc2ncc(-c3ccncn3)n2cc1F. The molecule has 0 amide bonds. The number of ether oxygens (including phenoxy) is 1. The van der Waals surface area contributed by atoms with Crippen LogP contribution >= 0.6 is 0 Å². The van der Waals surface area contributed by atoms with Gasteiger partial charge in [0.15, 0.2) is 11.6 Å². The van der Waals surface area contributed by atoms with Gasteiger partial charge in [-0.05, 0) is 6.07 Å². The first-order valence-electron chi connectivity index (χ1n) is 5.26. The summed E-state index contributed by atoms with van der Waals surface area (Å²) in [5.74, 6) is -0.277. The number of methoxy groups -OCH3 is 1. The van der Waals surface area contributed by atoms with Crippen molar-refractivity contribution in [2.75, 3.05) is 7.11 Å². The molecule has 6 heteroatoms. The maximum absolute atomic E-state index is 13.7. The minimum atomic E-state index is -0.446. The second-order valence-electron chi connectivity index (χ2n) is 3.66. The van der Waals surface area contributed by atoms with Gasteiger partial charge in [-0.3, -0.25) is 4.40 Å². The molecule has 3 aromatic rings. The van der Waals surface area contributed by atoms with E-state index in [1.54, 1.807) is 28.9 Å². The lowest BCUT2D eigenvalue weighted by atomic mass is 10.3. The number of hydrogen-bond donors (Lipinski definition) is 0. The standard InChI is InChI=1S/C12H9FN4O/c1-18-11-4-12-15-5-10(17(12)6-8(11)13)9-2-3-14-7-16-9/h2-7H,1H3. The Morgan fingerprint density at radius 2 is 2.22 bits per heavy atom.